The molecular formula is C23H31ClFN5O2. The molecule has 1 aromatic carbocycles. The van der Waals surface area contributed by atoms with E-state index in [1.54, 1.807) is 30.6 Å². The van der Waals surface area contributed by atoms with Gasteiger partial charge in [0.15, 0.2) is 6.35 Å². The molecule has 1 aliphatic rings. The van der Waals surface area contributed by atoms with Crippen molar-refractivity contribution in [1.29, 1.82) is 0 Å². The van der Waals surface area contributed by atoms with Crippen molar-refractivity contribution < 1.29 is 14.3 Å². The maximum atomic E-state index is 13.4. The number of amides is 1. The summed E-state index contributed by atoms with van der Waals surface area (Å²) in [5.74, 6) is -0.588. The largest absolute Gasteiger partial charge is 0.361 e. The molecule has 1 amide bonds. The van der Waals surface area contributed by atoms with Crippen LogP contribution in [0.1, 0.15) is 32.3 Å². The number of hydrogen-bond acceptors (Lipinski definition) is 6. The Bertz CT molecular complexity index is 907. The first kappa shape index (κ1) is 24.4. The fourth-order valence-electron chi connectivity index (χ4n) is 3.99. The Morgan fingerprint density at radius 1 is 1.31 bits per heavy atom. The number of carbonyl (C=O) groups excluding carboxylic acids is 1. The molecule has 3 rings (SSSR count). The lowest BCUT2D eigenvalue weighted by Gasteiger charge is -2.37. The van der Waals surface area contributed by atoms with E-state index in [9.17, 15) is 14.3 Å². The molecule has 1 saturated heterocycles. The number of nitrogens with zero attached hydrogens (tertiary/aromatic N) is 2. The van der Waals surface area contributed by atoms with Gasteiger partial charge in [0, 0.05) is 48.2 Å². The monoisotopic (exact) mass is 463 g/mol. The number of piperidine rings is 1. The van der Waals surface area contributed by atoms with E-state index in [-0.39, 0.29) is 11.8 Å². The van der Waals surface area contributed by atoms with Crippen LogP contribution in [0.25, 0.3) is 0 Å². The number of halogens is 2. The Kier molecular flexibility index (Phi) is 8.05. The lowest BCUT2D eigenvalue weighted by atomic mass is 9.84. The van der Waals surface area contributed by atoms with E-state index in [1.807, 2.05) is 18.7 Å². The zero-order chi connectivity index (χ0) is 23.3. The van der Waals surface area contributed by atoms with Gasteiger partial charge in [-0.2, -0.15) is 0 Å². The molecule has 9 heteroatoms. The number of anilines is 1. The predicted octanol–water partition coefficient (Wildman–Crippen LogP) is 2.70. The molecule has 32 heavy (non-hydrogen) atoms. The van der Waals surface area contributed by atoms with Gasteiger partial charge in [0.05, 0.1) is 6.04 Å². The van der Waals surface area contributed by atoms with Crippen LogP contribution in [0.4, 0.5) is 10.1 Å². The summed E-state index contributed by atoms with van der Waals surface area (Å²) in [6.07, 6.45) is 3.91. The molecule has 1 aromatic heterocycles. The quantitative estimate of drug-likeness (QED) is 0.449. The van der Waals surface area contributed by atoms with Crippen LogP contribution in [0.15, 0.2) is 42.7 Å². The molecule has 2 aromatic rings. The van der Waals surface area contributed by atoms with Crippen molar-refractivity contribution in [2.45, 2.75) is 44.5 Å². The number of aromatic nitrogens is 1. The molecule has 174 valence electrons. The maximum absolute atomic E-state index is 13.4. The second-order valence-electron chi connectivity index (χ2n) is 8.88. The highest BCUT2D eigenvalue weighted by Crippen LogP contribution is 2.30. The first-order valence-electron chi connectivity index (χ1n) is 10.7. The third-order valence-electron chi connectivity index (χ3n) is 6.07. The van der Waals surface area contributed by atoms with Crippen molar-refractivity contribution in [3.63, 3.8) is 0 Å². The summed E-state index contributed by atoms with van der Waals surface area (Å²) in [4.78, 5) is 18.6. The molecule has 0 bridgehead atoms. The minimum atomic E-state index is -0.815. The van der Waals surface area contributed by atoms with Gasteiger partial charge in [-0.25, -0.2) is 4.39 Å². The summed E-state index contributed by atoms with van der Waals surface area (Å²) in [6.45, 7) is 5.46. The molecule has 5 N–H and O–H groups in total. The number of hydrogen-bond donors (Lipinski definition) is 4. The number of nitrogens with one attached hydrogen (secondary N) is 2. The van der Waals surface area contributed by atoms with Crippen LogP contribution in [0, 0.1) is 11.7 Å². The van der Waals surface area contributed by atoms with Gasteiger partial charge < -0.3 is 21.5 Å². The number of benzene rings is 1. The van der Waals surface area contributed by atoms with E-state index in [0.29, 0.717) is 37.5 Å². The van der Waals surface area contributed by atoms with Crippen LogP contribution in [-0.4, -0.2) is 52.9 Å². The SMILES string of the molecule is CC(C)(CNC(=O)C(N)C1CCN(C(O)Nc2ccncc2)CC1)c1ccc(F)cc1Cl. The zero-order valence-electron chi connectivity index (χ0n) is 18.4. The molecule has 1 aliphatic heterocycles. The molecule has 0 spiro atoms. The van der Waals surface area contributed by atoms with Crippen LogP contribution in [0.2, 0.25) is 5.02 Å². The molecule has 0 aliphatic carbocycles. The van der Waals surface area contributed by atoms with Crippen molar-refractivity contribution >= 4 is 23.2 Å². The topological polar surface area (TPSA) is 104 Å². The van der Waals surface area contributed by atoms with Gasteiger partial charge in [-0.1, -0.05) is 31.5 Å². The van der Waals surface area contributed by atoms with E-state index >= 15 is 0 Å². The van der Waals surface area contributed by atoms with Crippen molar-refractivity contribution in [3.8, 4) is 0 Å². The smallest absolute Gasteiger partial charge is 0.237 e. The summed E-state index contributed by atoms with van der Waals surface area (Å²) >= 11 is 6.19. The number of aliphatic hydroxyl groups is 1. The molecule has 0 saturated carbocycles. The number of likely N-dealkylation sites (tertiary alicyclic amines) is 1. The highest BCUT2D eigenvalue weighted by molar-refractivity contribution is 6.31. The van der Waals surface area contributed by atoms with Crippen molar-refractivity contribution in [2.24, 2.45) is 11.7 Å². The lowest BCUT2D eigenvalue weighted by Crippen LogP contribution is -2.53. The van der Waals surface area contributed by atoms with Crippen LogP contribution in [0.3, 0.4) is 0 Å². The van der Waals surface area contributed by atoms with Gasteiger partial charge in [0.2, 0.25) is 5.91 Å². The number of aliphatic hydroxyl groups excluding tert-OH is 1. The summed E-state index contributed by atoms with van der Waals surface area (Å²) in [5, 5.41) is 16.7. The normalized spacial score (nSPS) is 17.6. The molecule has 2 heterocycles. The minimum absolute atomic E-state index is 0.0249. The van der Waals surface area contributed by atoms with Gasteiger partial charge in [0.1, 0.15) is 5.82 Å². The van der Waals surface area contributed by atoms with Gasteiger partial charge in [-0.3, -0.25) is 14.7 Å². The van der Waals surface area contributed by atoms with Gasteiger partial charge in [0.25, 0.3) is 0 Å². The zero-order valence-corrected chi connectivity index (χ0v) is 19.1. The molecule has 1 fully saturated rings. The Hall–Kier alpha value is -2.26. The number of nitrogens with two attached hydrogens (primary N) is 1. The number of carbonyl (C=O) groups is 1. The van der Waals surface area contributed by atoms with Crippen LogP contribution < -0.4 is 16.4 Å². The van der Waals surface area contributed by atoms with Crippen LogP contribution in [0.5, 0.6) is 0 Å². The van der Waals surface area contributed by atoms with E-state index in [2.05, 4.69) is 15.6 Å². The molecule has 2 unspecified atom stereocenters. The molecule has 2 atom stereocenters. The lowest BCUT2D eigenvalue weighted by molar-refractivity contribution is -0.124. The van der Waals surface area contributed by atoms with Crippen LogP contribution >= 0.6 is 11.6 Å². The predicted molar refractivity (Wildman–Crippen MR) is 124 cm³/mol. The fourth-order valence-corrected chi connectivity index (χ4v) is 4.41. The Balaban J connectivity index is 1.48. The van der Waals surface area contributed by atoms with Gasteiger partial charge >= 0.3 is 0 Å². The summed E-state index contributed by atoms with van der Waals surface area (Å²) < 4.78 is 13.4. The van der Waals surface area contributed by atoms with Crippen molar-refractivity contribution in [3.05, 3.63) is 59.1 Å². The Morgan fingerprint density at radius 3 is 2.59 bits per heavy atom. The minimum Gasteiger partial charge on any atom is -0.361 e. The summed E-state index contributed by atoms with van der Waals surface area (Å²) in [6, 6.07) is 7.22. The first-order chi connectivity index (χ1) is 15.2. The van der Waals surface area contributed by atoms with Crippen molar-refractivity contribution in [2.75, 3.05) is 25.0 Å². The highest BCUT2D eigenvalue weighted by Gasteiger charge is 2.32. The van der Waals surface area contributed by atoms with Crippen molar-refractivity contribution in [1.82, 2.24) is 15.2 Å². The van der Waals surface area contributed by atoms with E-state index < -0.39 is 23.6 Å². The fraction of sp³-hybridized carbons (Fsp3) is 0.478. The van der Waals surface area contributed by atoms with Gasteiger partial charge in [-0.05, 0) is 48.6 Å². The average Bonchev–Trinajstić information content (AvgIpc) is 2.77. The third-order valence-corrected chi connectivity index (χ3v) is 6.38. The van der Waals surface area contributed by atoms with E-state index in [1.165, 1.54) is 12.1 Å². The summed E-state index contributed by atoms with van der Waals surface area (Å²) in [5.41, 5.74) is 7.33. The molecule has 7 nitrogen and oxygen atoms in total. The summed E-state index contributed by atoms with van der Waals surface area (Å²) in [7, 11) is 0. The molecular weight excluding hydrogens is 433 g/mol. The van der Waals surface area contributed by atoms with Gasteiger partial charge in [-0.15, -0.1) is 0 Å². The average molecular weight is 464 g/mol. The van der Waals surface area contributed by atoms with Crippen LogP contribution in [-0.2, 0) is 10.2 Å². The first-order valence-corrected chi connectivity index (χ1v) is 11.1. The second-order valence-corrected chi connectivity index (χ2v) is 9.29. The number of rotatable bonds is 8. The Morgan fingerprint density at radius 2 is 1.97 bits per heavy atom. The Labute approximate surface area is 193 Å². The highest BCUT2D eigenvalue weighted by atomic mass is 35.5. The maximum Gasteiger partial charge on any atom is 0.237 e. The number of pyridine rings is 1. The third kappa shape index (κ3) is 6.16. The van der Waals surface area contributed by atoms with E-state index in [0.717, 1.165) is 11.3 Å². The second kappa shape index (κ2) is 10.6. The van der Waals surface area contributed by atoms with E-state index in [4.69, 9.17) is 17.3 Å². The standard InChI is InChI=1S/C23H31ClFN5O2/c1-23(2,18-4-3-16(25)13-19(18)24)14-28-21(31)20(26)15-7-11-30(12-8-15)22(32)29-17-5-9-27-10-6-17/h3-6,9-10,13,15,20,22,32H,7-8,11-12,14,26H2,1-2H3,(H,27,29)(H,28,31). The molecule has 0 radical (unpaired) electrons.